The van der Waals surface area contributed by atoms with Crippen molar-refractivity contribution in [3.05, 3.63) is 35.4 Å². The van der Waals surface area contributed by atoms with Crippen LogP contribution in [-0.4, -0.2) is 50.6 Å². The minimum absolute atomic E-state index is 0.0723. The van der Waals surface area contributed by atoms with Crippen LogP contribution in [0.4, 0.5) is 0 Å². The van der Waals surface area contributed by atoms with E-state index >= 15 is 0 Å². The third kappa shape index (κ3) is 4.29. The summed E-state index contributed by atoms with van der Waals surface area (Å²) in [6.45, 7) is 5.20. The molecule has 1 aromatic carbocycles. The number of benzene rings is 1. The van der Waals surface area contributed by atoms with E-state index in [-0.39, 0.29) is 11.9 Å². The summed E-state index contributed by atoms with van der Waals surface area (Å²) < 4.78 is 0. The topological polar surface area (TPSA) is 44.4 Å². The first-order valence-electron chi connectivity index (χ1n) is 7.83. The molecule has 21 heavy (non-hydrogen) atoms. The largest absolute Gasteiger partial charge is 0.349 e. The number of carbonyl (C=O) groups is 1. The summed E-state index contributed by atoms with van der Waals surface area (Å²) in [5.74, 6) is 0.570. The van der Waals surface area contributed by atoms with E-state index in [0.29, 0.717) is 5.92 Å². The van der Waals surface area contributed by atoms with Crippen molar-refractivity contribution in [3.8, 4) is 0 Å². The Labute approximate surface area is 127 Å². The third-order valence-corrected chi connectivity index (χ3v) is 4.33. The van der Waals surface area contributed by atoms with Crippen molar-refractivity contribution in [1.29, 1.82) is 0 Å². The molecule has 2 atom stereocenters. The van der Waals surface area contributed by atoms with Crippen molar-refractivity contribution in [1.82, 2.24) is 15.5 Å². The highest BCUT2D eigenvalue weighted by molar-refractivity contribution is 5.95. The van der Waals surface area contributed by atoms with Gasteiger partial charge in [0.1, 0.15) is 0 Å². The summed E-state index contributed by atoms with van der Waals surface area (Å²) >= 11 is 0. The molecule has 4 nitrogen and oxygen atoms in total. The van der Waals surface area contributed by atoms with Crippen molar-refractivity contribution in [3.63, 3.8) is 0 Å². The number of nitrogens with zero attached hydrogens (tertiary/aromatic N) is 1. The lowest BCUT2D eigenvalue weighted by Gasteiger charge is -2.35. The number of carbonyl (C=O) groups excluding carboxylic acids is 1. The summed E-state index contributed by atoms with van der Waals surface area (Å²) in [7, 11) is 4.07. The minimum Gasteiger partial charge on any atom is -0.349 e. The lowest BCUT2D eigenvalue weighted by Crippen LogP contribution is -2.49. The van der Waals surface area contributed by atoms with Crippen molar-refractivity contribution in [2.45, 2.75) is 25.8 Å². The fourth-order valence-electron chi connectivity index (χ4n) is 3.03. The first-order valence-corrected chi connectivity index (χ1v) is 7.83. The molecule has 0 bridgehead atoms. The van der Waals surface area contributed by atoms with Crippen LogP contribution in [0, 0.1) is 5.92 Å². The van der Waals surface area contributed by atoms with Crippen LogP contribution in [0.3, 0.4) is 0 Å². The maximum atomic E-state index is 12.6. The van der Waals surface area contributed by atoms with Gasteiger partial charge in [0, 0.05) is 18.2 Å². The molecule has 116 valence electrons. The molecule has 1 heterocycles. The fourth-order valence-corrected chi connectivity index (χ4v) is 3.03. The van der Waals surface area contributed by atoms with Gasteiger partial charge >= 0.3 is 0 Å². The number of hydrogen-bond acceptors (Lipinski definition) is 3. The van der Waals surface area contributed by atoms with Crippen LogP contribution in [0.1, 0.15) is 29.3 Å². The van der Waals surface area contributed by atoms with Gasteiger partial charge in [0.05, 0.1) is 0 Å². The van der Waals surface area contributed by atoms with Crippen molar-refractivity contribution in [2.75, 3.05) is 33.7 Å². The Morgan fingerprint density at radius 1 is 1.38 bits per heavy atom. The van der Waals surface area contributed by atoms with Crippen LogP contribution in [0.25, 0.3) is 0 Å². The molecule has 1 saturated heterocycles. The average Bonchev–Trinajstić information content (AvgIpc) is 2.48. The van der Waals surface area contributed by atoms with Gasteiger partial charge in [-0.1, -0.05) is 25.1 Å². The molecule has 2 N–H and O–H groups in total. The fraction of sp³-hybridized carbons (Fsp3) is 0.588. The molecule has 1 fully saturated rings. The zero-order valence-electron chi connectivity index (χ0n) is 13.4. The molecule has 4 heteroatoms. The van der Waals surface area contributed by atoms with E-state index in [1.54, 1.807) is 0 Å². The number of likely N-dealkylation sites (tertiary alicyclic amines) is 1. The predicted octanol–water partition coefficient (Wildman–Crippen LogP) is 1.52. The zero-order valence-corrected chi connectivity index (χ0v) is 13.4. The molecule has 0 radical (unpaired) electrons. The van der Waals surface area contributed by atoms with E-state index in [9.17, 15) is 4.79 Å². The van der Waals surface area contributed by atoms with Crippen LogP contribution >= 0.6 is 0 Å². The van der Waals surface area contributed by atoms with Gasteiger partial charge in [0.2, 0.25) is 0 Å². The van der Waals surface area contributed by atoms with Gasteiger partial charge in [-0.15, -0.1) is 0 Å². The van der Waals surface area contributed by atoms with Gasteiger partial charge in [-0.2, -0.15) is 0 Å². The van der Waals surface area contributed by atoms with Crippen molar-refractivity contribution < 1.29 is 4.79 Å². The van der Waals surface area contributed by atoms with E-state index < -0.39 is 0 Å². The van der Waals surface area contributed by atoms with E-state index in [1.807, 2.05) is 31.3 Å². The Balaban J connectivity index is 2.03. The Morgan fingerprint density at radius 2 is 2.14 bits per heavy atom. The average molecular weight is 289 g/mol. The van der Waals surface area contributed by atoms with Gasteiger partial charge < -0.3 is 15.5 Å². The molecule has 1 aromatic rings. The summed E-state index contributed by atoms with van der Waals surface area (Å²) in [5.41, 5.74) is 1.93. The second-order valence-electron chi connectivity index (χ2n) is 6.12. The van der Waals surface area contributed by atoms with Gasteiger partial charge in [-0.25, -0.2) is 0 Å². The van der Waals surface area contributed by atoms with Crippen molar-refractivity contribution >= 4 is 5.91 Å². The van der Waals surface area contributed by atoms with Crippen LogP contribution in [-0.2, 0) is 6.42 Å². The number of nitrogens with one attached hydrogen (secondary N) is 2. The third-order valence-electron chi connectivity index (χ3n) is 4.33. The van der Waals surface area contributed by atoms with Gasteiger partial charge in [0.25, 0.3) is 5.91 Å². The quantitative estimate of drug-likeness (QED) is 0.864. The van der Waals surface area contributed by atoms with Crippen LogP contribution in [0.5, 0.6) is 0 Å². The molecule has 2 unspecified atom stereocenters. The molecule has 0 aromatic heterocycles. The lowest BCUT2D eigenvalue weighted by atomic mass is 9.93. The number of piperidine rings is 1. The highest BCUT2D eigenvalue weighted by atomic mass is 16.1. The predicted molar refractivity (Wildman–Crippen MR) is 86.6 cm³/mol. The van der Waals surface area contributed by atoms with E-state index in [0.717, 1.165) is 43.6 Å². The molecule has 1 aliphatic heterocycles. The Kier molecular flexibility index (Phi) is 5.76. The normalized spacial score (nSPS) is 23.0. The van der Waals surface area contributed by atoms with Crippen LogP contribution in [0.15, 0.2) is 24.3 Å². The van der Waals surface area contributed by atoms with Gasteiger partial charge in [-0.3, -0.25) is 4.79 Å². The summed E-state index contributed by atoms with van der Waals surface area (Å²) in [5, 5.41) is 6.37. The SMILES string of the molecule is CNCCc1ccccc1C(=O)NC1CCN(C)CC1C. The molecule has 1 aliphatic rings. The lowest BCUT2D eigenvalue weighted by molar-refractivity contribution is 0.0883. The zero-order chi connectivity index (χ0) is 15.2. The standard InChI is InChI=1S/C17H27N3O/c1-13-12-20(3)11-9-16(13)19-17(21)15-7-5-4-6-14(15)8-10-18-2/h4-7,13,16,18H,8-12H2,1-3H3,(H,19,21). The number of hydrogen-bond donors (Lipinski definition) is 2. The number of amides is 1. The Morgan fingerprint density at radius 3 is 2.86 bits per heavy atom. The van der Waals surface area contributed by atoms with E-state index in [2.05, 4.69) is 29.5 Å². The summed E-state index contributed by atoms with van der Waals surface area (Å²) in [6, 6.07) is 8.20. The van der Waals surface area contributed by atoms with E-state index in [4.69, 9.17) is 0 Å². The number of likely N-dealkylation sites (N-methyl/N-ethyl adjacent to an activating group) is 1. The Bertz CT molecular complexity index is 475. The monoisotopic (exact) mass is 289 g/mol. The molecule has 0 saturated carbocycles. The van der Waals surface area contributed by atoms with E-state index in [1.165, 1.54) is 0 Å². The highest BCUT2D eigenvalue weighted by Gasteiger charge is 2.26. The molecule has 0 aliphatic carbocycles. The molecular weight excluding hydrogens is 262 g/mol. The molecular formula is C17H27N3O. The number of rotatable bonds is 5. The first kappa shape index (κ1) is 16.0. The second kappa shape index (κ2) is 7.57. The Hall–Kier alpha value is -1.39. The molecule has 2 rings (SSSR count). The summed E-state index contributed by atoms with van der Waals surface area (Å²) in [6.07, 6.45) is 1.91. The van der Waals surface area contributed by atoms with Crippen LogP contribution in [0.2, 0.25) is 0 Å². The first-order chi connectivity index (χ1) is 10.1. The maximum absolute atomic E-state index is 12.6. The maximum Gasteiger partial charge on any atom is 0.251 e. The minimum atomic E-state index is 0.0723. The van der Waals surface area contributed by atoms with Crippen LogP contribution < -0.4 is 10.6 Å². The van der Waals surface area contributed by atoms with Gasteiger partial charge in [-0.05, 0) is 57.6 Å². The highest BCUT2D eigenvalue weighted by Crippen LogP contribution is 2.17. The smallest absolute Gasteiger partial charge is 0.251 e. The van der Waals surface area contributed by atoms with Gasteiger partial charge in [0.15, 0.2) is 0 Å². The molecule has 1 amide bonds. The molecule has 0 spiro atoms. The summed E-state index contributed by atoms with van der Waals surface area (Å²) in [4.78, 5) is 14.9. The van der Waals surface area contributed by atoms with Crippen molar-refractivity contribution in [2.24, 2.45) is 5.92 Å². The second-order valence-corrected chi connectivity index (χ2v) is 6.12.